The van der Waals surface area contributed by atoms with Crippen LogP contribution in [0.3, 0.4) is 0 Å². The van der Waals surface area contributed by atoms with Gasteiger partial charge < -0.3 is 5.32 Å². The monoisotopic (exact) mass is 415 g/mol. The van der Waals surface area contributed by atoms with Gasteiger partial charge in [-0.15, -0.1) is 0 Å². The standard InChI is InChI=1S/C26H26FN3O/c1-17(30-25(31)20-5-3-18(16-28)4-6-20)26(2)12-9-19(10-13-26)22-11-14-29-24-8-7-21(27)15-23(22)24/h3-8,11,14-15,17,19H,9-10,12-13H2,1-2H3,(H,30,31)/t17-,19?,26?/m0/s1. The second-order valence-corrected chi connectivity index (χ2v) is 8.87. The molecule has 4 nitrogen and oxygen atoms in total. The Balaban J connectivity index is 1.44. The summed E-state index contributed by atoms with van der Waals surface area (Å²) in [5.74, 6) is 0.0132. The molecule has 1 amide bonds. The third-order valence-corrected chi connectivity index (χ3v) is 6.97. The zero-order valence-electron chi connectivity index (χ0n) is 17.9. The highest BCUT2D eigenvalue weighted by atomic mass is 19.1. The number of rotatable bonds is 4. The molecule has 0 unspecified atom stereocenters. The highest BCUT2D eigenvalue weighted by Gasteiger charge is 2.37. The zero-order valence-corrected chi connectivity index (χ0v) is 17.9. The molecule has 4 rings (SSSR count). The van der Waals surface area contributed by atoms with E-state index in [0.29, 0.717) is 17.0 Å². The molecule has 0 radical (unpaired) electrons. The van der Waals surface area contributed by atoms with E-state index in [0.717, 1.165) is 36.6 Å². The quantitative estimate of drug-likeness (QED) is 0.592. The molecular formula is C26H26FN3O. The van der Waals surface area contributed by atoms with Gasteiger partial charge in [-0.2, -0.15) is 5.26 Å². The van der Waals surface area contributed by atoms with Crippen molar-refractivity contribution in [2.24, 2.45) is 5.41 Å². The van der Waals surface area contributed by atoms with Gasteiger partial charge in [0.25, 0.3) is 5.91 Å². The van der Waals surface area contributed by atoms with Crippen LogP contribution in [0.2, 0.25) is 0 Å². The summed E-state index contributed by atoms with van der Waals surface area (Å²) < 4.78 is 13.8. The summed E-state index contributed by atoms with van der Waals surface area (Å²) in [4.78, 5) is 17.0. The van der Waals surface area contributed by atoms with E-state index in [1.807, 2.05) is 12.3 Å². The van der Waals surface area contributed by atoms with Gasteiger partial charge in [0, 0.05) is 23.2 Å². The van der Waals surface area contributed by atoms with Gasteiger partial charge in [0.15, 0.2) is 0 Å². The molecule has 3 aromatic rings. The zero-order chi connectivity index (χ0) is 22.0. The van der Waals surface area contributed by atoms with E-state index in [4.69, 9.17) is 5.26 Å². The number of carbonyl (C=O) groups is 1. The lowest BCUT2D eigenvalue weighted by Gasteiger charge is -2.42. The third-order valence-electron chi connectivity index (χ3n) is 6.97. The summed E-state index contributed by atoms with van der Waals surface area (Å²) >= 11 is 0. The lowest BCUT2D eigenvalue weighted by atomic mass is 9.66. The Labute approximate surface area is 182 Å². The van der Waals surface area contributed by atoms with Crippen LogP contribution in [0.1, 0.15) is 66.9 Å². The van der Waals surface area contributed by atoms with E-state index in [-0.39, 0.29) is 23.2 Å². The molecule has 31 heavy (non-hydrogen) atoms. The highest BCUT2D eigenvalue weighted by molar-refractivity contribution is 5.94. The maximum absolute atomic E-state index is 13.8. The second-order valence-electron chi connectivity index (χ2n) is 8.87. The van der Waals surface area contributed by atoms with Crippen LogP contribution in [0, 0.1) is 22.6 Å². The molecule has 1 saturated carbocycles. The maximum atomic E-state index is 13.8. The van der Waals surface area contributed by atoms with Crippen molar-refractivity contribution in [3.8, 4) is 6.07 Å². The van der Waals surface area contributed by atoms with E-state index in [1.165, 1.54) is 11.6 Å². The lowest BCUT2D eigenvalue weighted by Crippen LogP contribution is -2.46. The Bertz CT molecular complexity index is 1140. The number of fused-ring (bicyclic) bond motifs is 1. The first kappa shape index (κ1) is 21.0. The van der Waals surface area contributed by atoms with Crippen LogP contribution in [0.25, 0.3) is 10.9 Å². The first-order valence-corrected chi connectivity index (χ1v) is 10.7. The van der Waals surface area contributed by atoms with Gasteiger partial charge in [0.05, 0.1) is 17.1 Å². The van der Waals surface area contributed by atoms with Gasteiger partial charge in [0.1, 0.15) is 5.82 Å². The molecule has 5 heteroatoms. The highest BCUT2D eigenvalue weighted by Crippen LogP contribution is 2.46. The molecule has 1 atom stereocenters. The van der Waals surface area contributed by atoms with Crippen molar-refractivity contribution in [2.45, 2.75) is 51.5 Å². The number of hydrogen-bond acceptors (Lipinski definition) is 3. The van der Waals surface area contributed by atoms with Gasteiger partial charge in [-0.1, -0.05) is 6.92 Å². The number of pyridine rings is 1. The fourth-order valence-corrected chi connectivity index (χ4v) is 4.67. The van der Waals surface area contributed by atoms with E-state index in [2.05, 4.69) is 30.2 Å². The number of nitriles is 1. The number of amides is 1. The van der Waals surface area contributed by atoms with E-state index >= 15 is 0 Å². The van der Waals surface area contributed by atoms with Crippen molar-refractivity contribution in [1.82, 2.24) is 10.3 Å². The van der Waals surface area contributed by atoms with Crippen LogP contribution < -0.4 is 5.32 Å². The first-order chi connectivity index (χ1) is 14.9. The van der Waals surface area contributed by atoms with Gasteiger partial charge in [-0.25, -0.2) is 4.39 Å². The molecule has 2 aromatic carbocycles. The van der Waals surface area contributed by atoms with Crippen LogP contribution in [0.4, 0.5) is 4.39 Å². The molecule has 1 fully saturated rings. The number of nitrogens with one attached hydrogen (secondary N) is 1. The summed E-state index contributed by atoms with van der Waals surface area (Å²) in [6.45, 7) is 4.30. The summed E-state index contributed by atoms with van der Waals surface area (Å²) in [6, 6.07) is 15.6. The van der Waals surface area contributed by atoms with Crippen molar-refractivity contribution in [3.63, 3.8) is 0 Å². The number of aromatic nitrogens is 1. The third kappa shape index (κ3) is 4.29. The molecule has 1 heterocycles. The summed E-state index contributed by atoms with van der Waals surface area (Å²) in [6.07, 6.45) is 5.74. The fraction of sp³-hybridized carbons (Fsp3) is 0.346. The van der Waals surface area contributed by atoms with Gasteiger partial charge in [-0.05, 0) is 98.0 Å². The minimum atomic E-state index is -0.235. The summed E-state index contributed by atoms with van der Waals surface area (Å²) in [7, 11) is 0. The number of halogens is 1. The minimum Gasteiger partial charge on any atom is -0.349 e. The van der Waals surface area contributed by atoms with Crippen molar-refractivity contribution < 1.29 is 9.18 Å². The normalized spacial score (nSPS) is 21.9. The number of hydrogen-bond donors (Lipinski definition) is 1. The van der Waals surface area contributed by atoms with Crippen LogP contribution in [0.5, 0.6) is 0 Å². The lowest BCUT2D eigenvalue weighted by molar-refractivity contribution is 0.0847. The molecular weight excluding hydrogens is 389 g/mol. The Morgan fingerprint density at radius 1 is 1.19 bits per heavy atom. The van der Waals surface area contributed by atoms with Gasteiger partial charge >= 0.3 is 0 Å². The Morgan fingerprint density at radius 3 is 2.58 bits per heavy atom. The predicted octanol–water partition coefficient (Wildman–Crippen LogP) is 5.73. The summed E-state index contributed by atoms with van der Waals surface area (Å²) in [5, 5.41) is 13.0. The second kappa shape index (κ2) is 8.47. The van der Waals surface area contributed by atoms with Crippen molar-refractivity contribution in [3.05, 3.63) is 77.2 Å². The van der Waals surface area contributed by atoms with Gasteiger partial charge in [0.2, 0.25) is 0 Å². The smallest absolute Gasteiger partial charge is 0.251 e. The van der Waals surface area contributed by atoms with Crippen LogP contribution >= 0.6 is 0 Å². The van der Waals surface area contributed by atoms with Gasteiger partial charge in [-0.3, -0.25) is 9.78 Å². The molecule has 0 saturated heterocycles. The van der Waals surface area contributed by atoms with Crippen molar-refractivity contribution in [1.29, 1.82) is 5.26 Å². The minimum absolute atomic E-state index is 0.00710. The molecule has 158 valence electrons. The average Bonchev–Trinajstić information content (AvgIpc) is 2.79. The molecule has 0 aliphatic heterocycles. The van der Waals surface area contributed by atoms with E-state index < -0.39 is 0 Å². The molecule has 1 aromatic heterocycles. The van der Waals surface area contributed by atoms with E-state index in [9.17, 15) is 9.18 Å². The number of nitrogens with zero attached hydrogens (tertiary/aromatic N) is 2. The number of carbonyl (C=O) groups excluding carboxylic acids is 1. The predicted molar refractivity (Wildman–Crippen MR) is 119 cm³/mol. The molecule has 0 bridgehead atoms. The Hall–Kier alpha value is -3.26. The largest absolute Gasteiger partial charge is 0.349 e. The van der Waals surface area contributed by atoms with Crippen molar-refractivity contribution in [2.75, 3.05) is 0 Å². The molecule has 1 N–H and O–H groups in total. The van der Waals surface area contributed by atoms with Crippen LogP contribution in [-0.4, -0.2) is 16.9 Å². The Kier molecular flexibility index (Phi) is 5.73. The number of benzene rings is 2. The maximum Gasteiger partial charge on any atom is 0.251 e. The van der Waals surface area contributed by atoms with Crippen LogP contribution in [-0.2, 0) is 0 Å². The van der Waals surface area contributed by atoms with Crippen molar-refractivity contribution >= 4 is 16.8 Å². The Morgan fingerprint density at radius 2 is 1.90 bits per heavy atom. The SMILES string of the molecule is C[C@H](NC(=O)c1ccc(C#N)cc1)C1(C)CCC(c2ccnc3ccc(F)cc23)CC1. The fourth-order valence-electron chi connectivity index (χ4n) is 4.67. The first-order valence-electron chi connectivity index (χ1n) is 10.7. The molecule has 1 aliphatic rings. The topological polar surface area (TPSA) is 65.8 Å². The average molecular weight is 416 g/mol. The van der Waals surface area contributed by atoms with Crippen LogP contribution in [0.15, 0.2) is 54.7 Å². The van der Waals surface area contributed by atoms with E-state index in [1.54, 1.807) is 36.4 Å². The summed E-state index contributed by atoms with van der Waals surface area (Å²) in [5.41, 5.74) is 3.09. The molecule has 0 spiro atoms. The molecule has 1 aliphatic carbocycles.